The second-order valence-corrected chi connectivity index (χ2v) is 5.88. The highest BCUT2D eigenvalue weighted by atomic mass is 16.5. The van der Waals surface area contributed by atoms with Gasteiger partial charge in [0.15, 0.2) is 0 Å². The molecule has 0 aliphatic carbocycles. The van der Waals surface area contributed by atoms with Gasteiger partial charge < -0.3 is 14.6 Å². The van der Waals surface area contributed by atoms with Crippen molar-refractivity contribution >= 4 is 10.9 Å². The van der Waals surface area contributed by atoms with Crippen molar-refractivity contribution in [3.8, 4) is 5.75 Å². The van der Waals surface area contributed by atoms with E-state index in [0.29, 0.717) is 12.6 Å². The molecule has 5 nitrogen and oxygen atoms in total. The summed E-state index contributed by atoms with van der Waals surface area (Å²) in [5.41, 5.74) is 0.916. The zero-order valence-electron chi connectivity index (χ0n) is 14.3. The summed E-state index contributed by atoms with van der Waals surface area (Å²) < 4.78 is 8.11. The molecule has 0 aliphatic heterocycles. The monoisotopic (exact) mass is 324 g/mol. The average Bonchev–Trinajstić information content (AvgIpc) is 3.06. The van der Waals surface area contributed by atoms with Crippen LogP contribution in [0.3, 0.4) is 0 Å². The van der Waals surface area contributed by atoms with Crippen LogP contribution >= 0.6 is 0 Å². The predicted molar refractivity (Wildman–Crippen MR) is 96.3 cm³/mol. The quantitative estimate of drug-likeness (QED) is 0.647. The Kier molecular flexibility index (Phi) is 5.43. The molecule has 1 atom stereocenters. The molecule has 126 valence electrons. The van der Waals surface area contributed by atoms with Crippen molar-refractivity contribution in [1.29, 1.82) is 0 Å². The largest absolute Gasteiger partial charge is 0.490 e. The molecule has 1 N–H and O–H groups in total. The highest BCUT2D eigenvalue weighted by Crippen LogP contribution is 2.22. The number of nitrogens with one attached hydrogen (secondary N) is 1. The topological polar surface area (TPSA) is 52.0 Å². The lowest BCUT2D eigenvalue weighted by atomic mass is 10.2. The maximum atomic E-state index is 5.91. The minimum Gasteiger partial charge on any atom is -0.490 e. The number of aromatic nitrogens is 3. The smallest absolute Gasteiger partial charge is 0.145 e. The minimum atomic E-state index is 0.360. The number of benzene rings is 1. The first-order valence-corrected chi connectivity index (χ1v) is 8.48. The second-order valence-electron chi connectivity index (χ2n) is 5.88. The number of rotatable bonds is 8. The van der Waals surface area contributed by atoms with Gasteiger partial charge in [0.25, 0.3) is 0 Å². The Balaban J connectivity index is 1.48. The molecule has 2 aromatic heterocycles. The van der Waals surface area contributed by atoms with Crippen molar-refractivity contribution in [2.45, 2.75) is 32.9 Å². The summed E-state index contributed by atoms with van der Waals surface area (Å²) in [5, 5.41) is 4.60. The summed E-state index contributed by atoms with van der Waals surface area (Å²) in [6.45, 7) is 6.63. The van der Waals surface area contributed by atoms with E-state index in [9.17, 15) is 0 Å². The fourth-order valence-electron chi connectivity index (χ4n) is 2.84. The molecule has 2 heterocycles. The van der Waals surface area contributed by atoms with Crippen LogP contribution in [0.1, 0.15) is 19.7 Å². The molecule has 0 amide bonds. The van der Waals surface area contributed by atoms with E-state index >= 15 is 0 Å². The van der Waals surface area contributed by atoms with Gasteiger partial charge in [-0.15, -0.1) is 0 Å². The third-order valence-electron chi connectivity index (χ3n) is 4.04. The first-order valence-electron chi connectivity index (χ1n) is 8.48. The zero-order valence-corrected chi connectivity index (χ0v) is 14.3. The molecule has 1 aromatic carbocycles. The van der Waals surface area contributed by atoms with E-state index in [4.69, 9.17) is 4.74 Å². The molecule has 24 heavy (non-hydrogen) atoms. The molecule has 0 radical (unpaired) electrons. The van der Waals surface area contributed by atoms with Crippen molar-refractivity contribution in [3.05, 3.63) is 54.7 Å². The van der Waals surface area contributed by atoms with Gasteiger partial charge in [0.1, 0.15) is 23.7 Å². The number of ether oxygens (including phenoxy) is 1. The van der Waals surface area contributed by atoms with Gasteiger partial charge in [-0.2, -0.15) is 0 Å². The molecule has 0 bridgehead atoms. The molecular weight excluding hydrogens is 300 g/mol. The Bertz CT molecular complexity index is 778. The van der Waals surface area contributed by atoms with Crippen LogP contribution in [0.2, 0.25) is 0 Å². The van der Waals surface area contributed by atoms with E-state index in [1.54, 1.807) is 6.20 Å². The van der Waals surface area contributed by atoms with Crippen LogP contribution in [0.5, 0.6) is 5.75 Å². The summed E-state index contributed by atoms with van der Waals surface area (Å²) >= 11 is 0. The summed E-state index contributed by atoms with van der Waals surface area (Å²) in [6, 6.07) is 10.4. The van der Waals surface area contributed by atoms with E-state index < -0.39 is 0 Å². The van der Waals surface area contributed by atoms with Gasteiger partial charge in [-0.25, -0.2) is 4.98 Å². The highest BCUT2D eigenvalue weighted by molar-refractivity contribution is 5.84. The Morgan fingerprint density at radius 3 is 2.92 bits per heavy atom. The summed E-state index contributed by atoms with van der Waals surface area (Å²) in [6.07, 6.45) is 6.65. The fraction of sp³-hybridized carbons (Fsp3) is 0.368. The molecule has 5 heteroatoms. The van der Waals surface area contributed by atoms with Crippen molar-refractivity contribution < 1.29 is 4.74 Å². The predicted octanol–water partition coefficient (Wildman–Crippen LogP) is 3.05. The van der Waals surface area contributed by atoms with E-state index in [1.807, 2.05) is 42.7 Å². The summed E-state index contributed by atoms with van der Waals surface area (Å²) in [7, 11) is 0. The maximum Gasteiger partial charge on any atom is 0.145 e. The highest BCUT2D eigenvalue weighted by Gasteiger charge is 2.06. The molecule has 0 spiro atoms. The van der Waals surface area contributed by atoms with Gasteiger partial charge in [-0.3, -0.25) is 4.98 Å². The van der Waals surface area contributed by atoms with Crippen molar-refractivity contribution in [1.82, 2.24) is 19.9 Å². The number of aryl methyl sites for hydroxylation is 1. The van der Waals surface area contributed by atoms with Crippen LogP contribution in [0.15, 0.2) is 48.9 Å². The van der Waals surface area contributed by atoms with Crippen molar-refractivity contribution in [2.24, 2.45) is 0 Å². The van der Waals surface area contributed by atoms with E-state index in [0.717, 1.165) is 42.0 Å². The first kappa shape index (κ1) is 16.5. The Morgan fingerprint density at radius 1 is 1.17 bits per heavy atom. The summed E-state index contributed by atoms with van der Waals surface area (Å²) in [4.78, 5) is 8.76. The third kappa shape index (κ3) is 3.92. The number of hydrogen-bond donors (Lipinski definition) is 1. The van der Waals surface area contributed by atoms with Crippen LogP contribution in [-0.2, 0) is 13.0 Å². The molecule has 3 rings (SSSR count). The fourth-order valence-corrected chi connectivity index (χ4v) is 2.84. The third-order valence-corrected chi connectivity index (χ3v) is 4.04. The molecule has 0 fully saturated rings. The number of hydrogen-bond acceptors (Lipinski definition) is 4. The van der Waals surface area contributed by atoms with Gasteiger partial charge in [0.2, 0.25) is 0 Å². The first-order chi connectivity index (χ1) is 11.8. The Morgan fingerprint density at radius 2 is 2.04 bits per heavy atom. The molecule has 1 unspecified atom stereocenters. The number of para-hydroxylation sites is 1. The lowest BCUT2D eigenvalue weighted by molar-refractivity contribution is 0.305. The van der Waals surface area contributed by atoms with Gasteiger partial charge in [-0.1, -0.05) is 25.1 Å². The van der Waals surface area contributed by atoms with Crippen LogP contribution in [0.25, 0.3) is 10.9 Å². The minimum absolute atomic E-state index is 0.360. The Hall–Kier alpha value is -2.40. The maximum absolute atomic E-state index is 5.91. The standard InChI is InChI=1S/C19H24N4O/c1-3-18-21-10-12-23(18)14-15(2)20-11-13-24-17-8-4-6-16-7-5-9-22-19(16)17/h4-10,12,15,20H,3,11,13-14H2,1-2H3. The SMILES string of the molecule is CCc1nccn1CC(C)NCCOc1cccc2cccnc12. The van der Waals surface area contributed by atoms with E-state index in [-0.39, 0.29) is 0 Å². The molecular formula is C19H24N4O. The van der Waals surface area contributed by atoms with Crippen LogP contribution < -0.4 is 10.1 Å². The average molecular weight is 324 g/mol. The van der Waals surface area contributed by atoms with Gasteiger partial charge in [-0.05, 0) is 19.1 Å². The van der Waals surface area contributed by atoms with Gasteiger partial charge >= 0.3 is 0 Å². The molecule has 0 saturated heterocycles. The molecule has 3 aromatic rings. The van der Waals surface area contributed by atoms with E-state index in [2.05, 4.69) is 33.7 Å². The number of imidazole rings is 1. The lowest BCUT2D eigenvalue weighted by Crippen LogP contribution is -2.33. The van der Waals surface area contributed by atoms with Crippen molar-refractivity contribution in [3.63, 3.8) is 0 Å². The van der Waals surface area contributed by atoms with Crippen LogP contribution in [0.4, 0.5) is 0 Å². The van der Waals surface area contributed by atoms with Crippen LogP contribution in [0, 0.1) is 0 Å². The molecule has 0 aliphatic rings. The van der Waals surface area contributed by atoms with Gasteiger partial charge in [0.05, 0.1) is 0 Å². The lowest BCUT2D eigenvalue weighted by Gasteiger charge is -2.16. The second kappa shape index (κ2) is 7.93. The Labute approximate surface area is 142 Å². The number of fused-ring (bicyclic) bond motifs is 1. The summed E-state index contributed by atoms with van der Waals surface area (Å²) in [5.74, 6) is 1.96. The molecule has 0 saturated carbocycles. The van der Waals surface area contributed by atoms with Crippen LogP contribution in [-0.4, -0.2) is 33.7 Å². The normalized spacial score (nSPS) is 12.4. The number of nitrogens with zero attached hydrogens (tertiary/aromatic N) is 3. The zero-order chi connectivity index (χ0) is 16.8. The van der Waals surface area contributed by atoms with Crippen molar-refractivity contribution in [2.75, 3.05) is 13.2 Å². The van der Waals surface area contributed by atoms with Gasteiger partial charge in [0, 0.05) is 49.5 Å². The number of pyridine rings is 1. The van der Waals surface area contributed by atoms with E-state index in [1.165, 1.54) is 0 Å².